The van der Waals surface area contributed by atoms with E-state index in [9.17, 15) is 0 Å². The van der Waals surface area contributed by atoms with Crippen molar-refractivity contribution in [2.45, 2.75) is 0 Å². The van der Waals surface area contributed by atoms with Crippen molar-refractivity contribution in [1.29, 1.82) is 0 Å². The Morgan fingerprint density at radius 2 is 2.10 bits per heavy atom. The molecule has 52 valence electrons. The molecule has 0 aliphatic heterocycles. The van der Waals surface area contributed by atoms with Gasteiger partial charge in [0, 0.05) is 12.1 Å². The SMILES string of the molecule is Nc1cc2sc(N)cc2o1. The van der Waals surface area contributed by atoms with E-state index in [1.165, 1.54) is 11.3 Å². The van der Waals surface area contributed by atoms with Gasteiger partial charge in [-0.1, -0.05) is 0 Å². The summed E-state index contributed by atoms with van der Waals surface area (Å²) < 4.78 is 6.11. The molecule has 0 aliphatic rings. The molecule has 2 aromatic rings. The summed E-state index contributed by atoms with van der Waals surface area (Å²) >= 11 is 1.48. The second-order valence-corrected chi connectivity index (χ2v) is 3.14. The number of fused-ring (bicyclic) bond motifs is 1. The van der Waals surface area contributed by atoms with Crippen LogP contribution in [0, 0.1) is 0 Å². The lowest BCUT2D eigenvalue weighted by molar-refractivity contribution is 0.638. The predicted molar refractivity (Wildman–Crippen MR) is 42.9 cm³/mol. The van der Waals surface area contributed by atoms with E-state index in [0.717, 1.165) is 15.3 Å². The summed E-state index contributed by atoms with van der Waals surface area (Å²) in [7, 11) is 0. The van der Waals surface area contributed by atoms with Gasteiger partial charge in [0.05, 0.1) is 9.70 Å². The second kappa shape index (κ2) is 1.67. The van der Waals surface area contributed by atoms with Crippen molar-refractivity contribution in [3.63, 3.8) is 0 Å². The summed E-state index contributed by atoms with van der Waals surface area (Å²) in [6.07, 6.45) is 0. The zero-order valence-electron chi connectivity index (χ0n) is 5.13. The Kier molecular flexibility index (Phi) is 0.935. The first-order valence-corrected chi connectivity index (χ1v) is 3.62. The monoisotopic (exact) mass is 154 g/mol. The van der Waals surface area contributed by atoms with Gasteiger partial charge in [0.15, 0.2) is 5.88 Å². The van der Waals surface area contributed by atoms with Crippen LogP contribution >= 0.6 is 11.3 Å². The molecular weight excluding hydrogens is 148 g/mol. The highest BCUT2D eigenvalue weighted by Crippen LogP contribution is 2.30. The van der Waals surface area contributed by atoms with Crippen LogP contribution in [0.15, 0.2) is 16.5 Å². The maximum absolute atomic E-state index is 5.50. The van der Waals surface area contributed by atoms with Gasteiger partial charge in [-0.2, -0.15) is 0 Å². The molecule has 2 rings (SSSR count). The number of thiophene rings is 1. The lowest BCUT2D eigenvalue weighted by Gasteiger charge is -1.77. The Labute approximate surface area is 61.2 Å². The summed E-state index contributed by atoms with van der Waals surface area (Å²) in [5, 5.41) is 0.758. The quantitative estimate of drug-likeness (QED) is 0.606. The Morgan fingerprint density at radius 3 is 2.80 bits per heavy atom. The van der Waals surface area contributed by atoms with Crippen molar-refractivity contribution in [2.75, 3.05) is 11.5 Å². The van der Waals surface area contributed by atoms with E-state index < -0.39 is 0 Å². The third kappa shape index (κ3) is 0.657. The van der Waals surface area contributed by atoms with Crippen molar-refractivity contribution in [3.05, 3.63) is 12.1 Å². The molecule has 2 heterocycles. The maximum Gasteiger partial charge on any atom is 0.192 e. The minimum atomic E-state index is 0.446. The maximum atomic E-state index is 5.50. The van der Waals surface area contributed by atoms with Gasteiger partial charge in [0.2, 0.25) is 0 Å². The number of hydrogen-bond donors (Lipinski definition) is 2. The van der Waals surface area contributed by atoms with E-state index in [1.54, 1.807) is 12.1 Å². The standard InChI is InChI=1S/C6H6N2OS/c7-5-2-4-3(9-5)1-6(8)10-4/h1-2H,7-8H2. The average molecular weight is 154 g/mol. The van der Waals surface area contributed by atoms with Crippen LogP contribution in [-0.4, -0.2) is 0 Å². The summed E-state index contributed by atoms with van der Waals surface area (Å²) in [5.41, 5.74) is 11.7. The Bertz CT molecular complexity index is 300. The van der Waals surface area contributed by atoms with Gasteiger partial charge in [-0.15, -0.1) is 11.3 Å². The van der Waals surface area contributed by atoms with Crippen LogP contribution < -0.4 is 11.5 Å². The van der Waals surface area contributed by atoms with E-state index in [4.69, 9.17) is 15.9 Å². The van der Waals surface area contributed by atoms with E-state index >= 15 is 0 Å². The first kappa shape index (κ1) is 5.61. The van der Waals surface area contributed by atoms with Crippen LogP contribution in [0.2, 0.25) is 0 Å². The molecule has 0 atom stereocenters. The van der Waals surface area contributed by atoms with Crippen LogP contribution in [0.3, 0.4) is 0 Å². The number of nitrogen functional groups attached to an aromatic ring is 2. The Balaban J connectivity index is 2.83. The van der Waals surface area contributed by atoms with Crippen LogP contribution in [0.4, 0.5) is 10.9 Å². The fourth-order valence-electron chi connectivity index (χ4n) is 0.873. The number of hydrogen-bond acceptors (Lipinski definition) is 4. The van der Waals surface area contributed by atoms with Crippen LogP contribution in [-0.2, 0) is 0 Å². The molecule has 0 amide bonds. The lowest BCUT2D eigenvalue weighted by Crippen LogP contribution is -1.76. The second-order valence-electron chi connectivity index (χ2n) is 2.03. The summed E-state index contributed by atoms with van der Waals surface area (Å²) in [5.74, 6) is 0.446. The predicted octanol–water partition coefficient (Wildman–Crippen LogP) is 1.66. The van der Waals surface area contributed by atoms with Crippen molar-refractivity contribution in [2.24, 2.45) is 0 Å². The van der Waals surface area contributed by atoms with Gasteiger partial charge in [-0.3, -0.25) is 0 Å². The minimum Gasteiger partial charge on any atom is -0.440 e. The molecule has 10 heavy (non-hydrogen) atoms. The normalized spacial score (nSPS) is 10.8. The van der Waals surface area contributed by atoms with Crippen LogP contribution in [0.1, 0.15) is 0 Å². The molecule has 0 aromatic carbocycles. The molecule has 0 spiro atoms. The molecular formula is C6H6N2OS. The van der Waals surface area contributed by atoms with Crippen molar-refractivity contribution < 1.29 is 4.42 Å². The van der Waals surface area contributed by atoms with Gasteiger partial charge in [0.25, 0.3) is 0 Å². The average Bonchev–Trinajstić information content (AvgIpc) is 2.21. The van der Waals surface area contributed by atoms with E-state index in [-0.39, 0.29) is 0 Å². The number of furan rings is 1. The summed E-state index contributed by atoms with van der Waals surface area (Å²) in [6.45, 7) is 0. The number of rotatable bonds is 0. The summed E-state index contributed by atoms with van der Waals surface area (Å²) in [6, 6.07) is 3.55. The molecule has 0 aliphatic carbocycles. The Hall–Kier alpha value is -1.16. The largest absolute Gasteiger partial charge is 0.440 e. The number of nitrogens with two attached hydrogens (primary N) is 2. The van der Waals surface area contributed by atoms with Gasteiger partial charge in [-0.25, -0.2) is 0 Å². The highest BCUT2D eigenvalue weighted by Gasteiger charge is 2.03. The van der Waals surface area contributed by atoms with Crippen LogP contribution in [0.25, 0.3) is 10.3 Å². The fraction of sp³-hybridized carbons (Fsp3) is 0. The fourth-order valence-corrected chi connectivity index (χ4v) is 1.67. The number of anilines is 2. The third-order valence-corrected chi connectivity index (χ3v) is 2.14. The molecule has 3 nitrogen and oxygen atoms in total. The van der Waals surface area contributed by atoms with Crippen LogP contribution in [0.5, 0.6) is 0 Å². The zero-order chi connectivity index (χ0) is 7.14. The van der Waals surface area contributed by atoms with Crippen molar-refractivity contribution in [1.82, 2.24) is 0 Å². The lowest BCUT2D eigenvalue weighted by atomic mass is 10.5. The first-order chi connectivity index (χ1) is 4.75. The van der Waals surface area contributed by atoms with Crippen molar-refractivity contribution >= 4 is 32.5 Å². The van der Waals surface area contributed by atoms with E-state index in [1.807, 2.05) is 0 Å². The third-order valence-electron chi connectivity index (χ3n) is 1.25. The topological polar surface area (TPSA) is 65.2 Å². The highest BCUT2D eigenvalue weighted by atomic mass is 32.1. The van der Waals surface area contributed by atoms with Gasteiger partial charge >= 0.3 is 0 Å². The van der Waals surface area contributed by atoms with E-state index in [0.29, 0.717) is 5.88 Å². The molecule has 0 saturated carbocycles. The molecule has 4 N–H and O–H groups in total. The zero-order valence-corrected chi connectivity index (χ0v) is 5.94. The molecule has 0 bridgehead atoms. The molecule has 2 aromatic heterocycles. The highest BCUT2D eigenvalue weighted by molar-refractivity contribution is 7.22. The van der Waals surface area contributed by atoms with Gasteiger partial charge < -0.3 is 15.9 Å². The van der Waals surface area contributed by atoms with Gasteiger partial charge in [-0.05, 0) is 0 Å². The first-order valence-electron chi connectivity index (χ1n) is 2.80. The molecule has 0 radical (unpaired) electrons. The molecule has 0 unspecified atom stereocenters. The minimum absolute atomic E-state index is 0.446. The Morgan fingerprint density at radius 1 is 1.30 bits per heavy atom. The molecule has 0 fully saturated rings. The summed E-state index contributed by atoms with van der Waals surface area (Å²) in [4.78, 5) is 0. The van der Waals surface area contributed by atoms with Crippen molar-refractivity contribution in [3.8, 4) is 0 Å². The molecule has 4 heteroatoms. The van der Waals surface area contributed by atoms with E-state index in [2.05, 4.69) is 0 Å². The smallest absolute Gasteiger partial charge is 0.192 e. The molecule has 0 saturated heterocycles. The van der Waals surface area contributed by atoms with Gasteiger partial charge in [0.1, 0.15) is 5.58 Å².